The van der Waals surface area contributed by atoms with Gasteiger partial charge in [0.15, 0.2) is 0 Å². The molecule has 0 aliphatic carbocycles. The summed E-state index contributed by atoms with van der Waals surface area (Å²) >= 11 is 6.36. The van der Waals surface area contributed by atoms with Crippen LogP contribution in [0.4, 0.5) is 16.0 Å². The number of benzene rings is 2. The van der Waals surface area contributed by atoms with Gasteiger partial charge in [-0.3, -0.25) is 9.36 Å². The third-order valence-electron chi connectivity index (χ3n) is 5.58. The minimum Gasteiger partial charge on any atom is -0.383 e. The molecular formula is C23H20ClFN10O. The number of hydrogen-bond donors (Lipinski definition) is 2. The Hall–Kier alpha value is -4.45. The second kappa shape index (κ2) is 9.30. The maximum atomic E-state index is 14.2. The van der Waals surface area contributed by atoms with Crippen molar-refractivity contribution >= 4 is 34.1 Å². The van der Waals surface area contributed by atoms with Crippen molar-refractivity contribution in [1.82, 2.24) is 39.7 Å². The summed E-state index contributed by atoms with van der Waals surface area (Å²) in [6, 6.07) is 10.2. The number of tetrazole rings is 1. The van der Waals surface area contributed by atoms with Gasteiger partial charge in [-0.25, -0.2) is 19.3 Å². The molecule has 3 N–H and O–H groups in total. The maximum absolute atomic E-state index is 14.2. The molecule has 0 fully saturated rings. The van der Waals surface area contributed by atoms with E-state index in [4.69, 9.17) is 22.3 Å². The number of fused-ring (bicyclic) bond motifs is 1. The summed E-state index contributed by atoms with van der Waals surface area (Å²) < 4.78 is 15.5. The van der Waals surface area contributed by atoms with Crippen molar-refractivity contribution in [3.63, 3.8) is 0 Å². The van der Waals surface area contributed by atoms with Crippen LogP contribution in [0.2, 0.25) is 5.02 Å². The Balaban J connectivity index is 1.72. The number of nitrogens with one attached hydrogen (secondary N) is 1. The first kappa shape index (κ1) is 23.3. The minimum atomic E-state index is -0.561. The molecule has 0 saturated heterocycles. The molecule has 0 bridgehead atoms. The fourth-order valence-electron chi connectivity index (χ4n) is 3.93. The summed E-state index contributed by atoms with van der Waals surface area (Å²) in [4.78, 5) is 28.2. The molecule has 3 aromatic heterocycles. The lowest BCUT2D eigenvalue weighted by atomic mass is 10.1. The molecule has 0 aliphatic heterocycles. The Morgan fingerprint density at radius 3 is 2.72 bits per heavy atom. The predicted octanol–water partition coefficient (Wildman–Crippen LogP) is 3.30. The topological polar surface area (TPSA) is 142 Å². The van der Waals surface area contributed by atoms with E-state index in [2.05, 4.69) is 30.7 Å². The number of nitrogen functional groups attached to an aromatic ring is 1. The van der Waals surface area contributed by atoms with Crippen LogP contribution in [-0.2, 0) is 7.05 Å². The number of rotatable bonds is 6. The van der Waals surface area contributed by atoms with Gasteiger partial charge in [0, 0.05) is 0 Å². The molecule has 1 atom stereocenters. The predicted molar refractivity (Wildman–Crippen MR) is 133 cm³/mol. The van der Waals surface area contributed by atoms with Crippen LogP contribution in [0.25, 0.3) is 28.0 Å². The van der Waals surface area contributed by atoms with E-state index in [1.165, 1.54) is 33.9 Å². The molecule has 0 aliphatic rings. The Labute approximate surface area is 208 Å². The Morgan fingerprint density at radius 2 is 2.00 bits per heavy atom. The Morgan fingerprint density at radius 1 is 1.19 bits per heavy atom. The van der Waals surface area contributed by atoms with Crippen molar-refractivity contribution in [3.8, 4) is 17.1 Å². The van der Waals surface area contributed by atoms with Gasteiger partial charge in [-0.2, -0.15) is 4.80 Å². The third kappa shape index (κ3) is 4.11. The van der Waals surface area contributed by atoms with Crippen molar-refractivity contribution in [1.29, 1.82) is 0 Å². The molecule has 13 heteroatoms. The number of aromatic nitrogens is 8. The van der Waals surface area contributed by atoms with E-state index >= 15 is 0 Å². The molecule has 11 nitrogen and oxygen atoms in total. The Kier molecular flexibility index (Phi) is 6.02. The molecule has 3 heterocycles. The normalized spacial score (nSPS) is 12.1. The van der Waals surface area contributed by atoms with E-state index in [1.54, 1.807) is 31.3 Å². The van der Waals surface area contributed by atoms with Gasteiger partial charge in [0.25, 0.3) is 5.56 Å². The second-order valence-electron chi connectivity index (χ2n) is 7.91. The van der Waals surface area contributed by atoms with Gasteiger partial charge in [0.2, 0.25) is 5.82 Å². The number of anilines is 2. The Bertz CT molecular complexity index is 1650. The van der Waals surface area contributed by atoms with Gasteiger partial charge in [0.1, 0.15) is 35.2 Å². The van der Waals surface area contributed by atoms with E-state index in [1.807, 2.05) is 6.92 Å². The highest BCUT2D eigenvalue weighted by molar-refractivity contribution is 6.35. The van der Waals surface area contributed by atoms with Crippen molar-refractivity contribution in [2.45, 2.75) is 19.4 Å². The van der Waals surface area contributed by atoms with E-state index in [0.717, 1.165) is 0 Å². The fraction of sp³-hybridized carbons (Fsp3) is 0.174. The number of aryl methyl sites for hydroxylation is 1. The quantitative estimate of drug-likeness (QED) is 0.354. The molecule has 0 amide bonds. The average molecular weight is 507 g/mol. The molecule has 36 heavy (non-hydrogen) atoms. The highest BCUT2D eigenvalue weighted by atomic mass is 35.5. The van der Waals surface area contributed by atoms with E-state index in [0.29, 0.717) is 34.8 Å². The van der Waals surface area contributed by atoms with Crippen molar-refractivity contribution in [2.75, 3.05) is 11.1 Å². The van der Waals surface area contributed by atoms with Gasteiger partial charge in [-0.05, 0) is 42.0 Å². The van der Waals surface area contributed by atoms with Crippen LogP contribution < -0.4 is 16.6 Å². The summed E-state index contributed by atoms with van der Waals surface area (Å²) in [5.74, 6) is 0.543. The molecule has 0 unspecified atom stereocenters. The summed E-state index contributed by atoms with van der Waals surface area (Å²) in [5, 5.41) is 15.9. The lowest BCUT2D eigenvalue weighted by Gasteiger charge is -2.23. The summed E-state index contributed by atoms with van der Waals surface area (Å²) in [6.07, 6.45) is 1.78. The molecule has 0 radical (unpaired) electrons. The van der Waals surface area contributed by atoms with Gasteiger partial charge >= 0.3 is 0 Å². The van der Waals surface area contributed by atoms with Gasteiger partial charge in [-0.1, -0.05) is 30.7 Å². The molecule has 2 aromatic carbocycles. The largest absolute Gasteiger partial charge is 0.383 e. The summed E-state index contributed by atoms with van der Waals surface area (Å²) in [5.41, 5.74) is 6.78. The number of nitrogens with zero attached hydrogens (tertiary/aromatic N) is 8. The van der Waals surface area contributed by atoms with Crippen molar-refractivity contribution < 1.29 is 4.39 Å². The lowest BCUT2D eigenvalue weighted by Crippen LogP contribution is -2.28. The van der Waals surface area contributed by atoms with E-state index in [9.17, 15) is 9.18 Å². The molecule has 5 rings (SSSR count). The van der Waals surface area contributed by atoms with Gasteiger partial charge in [-0.15, -0.1) is 10.2 Å². The minimum absolute atomic E-state index is 0.149. The highest BCUT2D eigenvalue weighted by Gasteiger charge is 2.24. The smallest absolute Gasteiger partial charge is 0.267 e. The van der Waals surface area contributed by atoms with Crippen LogP contribution in [0.5, 0.6) is 0 Å². The van der Waals surface area contributed by atoms with E-state index < -0.39 is 17.4 Å². The highest BCUT2D eigenvalue weighted by Crippen LogP contribution is 2.32. The second-order valence-corrected chi connectivity index (χ2v) is 8.32. The fourth-order valence-corrected chi connectivity index (χ4v) is 4.18. The van der Waals surface area contributed by atoms with Crippen LogP contribution in [-0.4, -0.2) is 39.7 Å². The molecular weight excluding hydrogens is 487 g/mol. The average Bonchev–Trinajstić information content (AvgIpc) is 3.28. The summed E-state index contributed by atoms with van der Waals surface area (Å²) in [7, 11) is 1.63. The lowest BCUT2D eigenvalue weighted by molar-refractivity contribution is 0.622. The zero-order chi connectivity index (χ0) is 25.4. The first-order chi connectivity index (χ1) is 17.4. The molecule has 0 spiro atoms. The van der Waals surface area contributed by atoms with Crippen LogP contribution in [0.3, 0.4) is 0 Å². The first-order valence-electron chi connectivity index (χ1n) is 11.0. The SMILES string of the molecule is CC[C@H](Nc1ncnc(N)c1-c1nnn(C)n1)c1nc2cccc(Cl)c2c(=O)n1-c1cccc(F)c1. The molecule has 5 aromatic rings. The zero-order valence-corrected chi connectivity index (χ0v) is 20.0. The molecule has 0 saturated carbocycles. The van der Waals surface area contributed by atoms with E-state index in [-0.39, 0.29) is 22.1 Å². The van der Waals surface area contributed by atoms with Crippen LogP contribution in [0.1, 0.15) is 25.2 Å². The molecule has 182 valence electrons. The number of nitrogens with two attached hydrogens (primary N) is 1. The number of halogens is 2. The van der Waals surface area contributed by atoms with Gasteiger partial charge < -0.3 is 11.1 Å². The zero-order valence-electron chi connectivity index (χ0n) is 19.2. The van der Waals surface area contributed by atoms with Crippen molar-refractivity contribution in [2.24, 2.45) is 7.05 Å². The first-order valence-corrected chi connectivity index (χ1v) is 11.3. The summed E-state index contributed by atoms with van der Waals surface area (Å²) in [6.45, 7) is 1.91. The van der Waals surface area contributed by atoms with Crippen LogP contribution in [0.15, 0.2) is 53.6 Å². The monoisotopic (exact) mass is 506 g/mol. The third-order valence-corrected chi connectivity index (χ3v) is 5.89. The standard InChI is InChI=1S/C23H20ClFN10O/c1-3-15(29-20-18(19(26)27-11-28-20)21-31-33-34(2)32-21)22-30-16-9-5-8-14(24)17(16)23(36)35(22)13-7-4-6-12(25)10-13/h4-11,15H,3H2,1-2H3,(H3,26,27,28,29)/t15-/m0/s1. The van der Waals surface area contributed by atoms with Gasteiger partial charge in [0.05, 0.1) is 34.7 Å². The maximum Gasteiger partial charge on any atom is 0.267 e. The van der Waals surface area contributed by atoms with Crippen LogP contribution >= 0.6 is 11.6 Å². The van der Waals surface area contributed by atoms with Crippen molar-refractivity contribution in [3.05, 3.63) is 75.8 Å². The number of hydrogen-bond acceptors (Lipinski definition) is 9. The van der Waals surface area contributed by atoms with Crippen LogP contribution in [0, 0.1) is 5.82 Å².